The number of para-hydroxylation sites is 2. The molecule has 0 fully saturated rings. The van der Waals surface area contributed by atoms with Crippen LogP contribution >= 0.6 is 34.7 Å². The van der Waals surface area contributed by atoms with Crippen LogP contribution in [0, 0.1) is 0 Å². The molecule has 0 saturated heterocycles. The van der Waals surface area contributed by atoms with Gasteiger partial charge in [0.15, 0.2) is 10.1 Å². The molecule has 1 aromatic heterocycles. The number of halogens is 1. The molecule has 0 aliphatic rings. The van der Waals surface area contributed by atoms with E-state index in [0.29, 0.717) is 16.3 Å². The van der Waals surface area contributed by atoms with Crippen LogP contribution in [0.3, 0.4) is 0 Å². The number of carbonyl (C=O) groups is 1. The van der Waals surface area contributed by atoms with E-state index in [4.69, 9.17) is 16.3 Å². The molecule has 0 amide bonds. The van der Waals surface area contributed by atoms with E-state index in [1.165, 1.54) is 0 Å². The Kier molecular flexibility index (Phi) is 5.67. The fourth-order valence-electron chi connectivity index (χ4n) is 2.88. The first-order valence-electron chi connectivity index (χ1n) is 8.62. The van der Waals surface area contributed by atoms with Crippen LogP contribution in [0.15, 0.2) is 76.0 Å². The molecular weight excluding hydrogens is 410 g/mol. The number of hydrogen-bond donors (Lipinski definition) is 0. The molecule has 0 aliphatic carbocycles. The first kappa shape index (κ1) is 19.0. The minimum atomic E-state index is 0.0000859. The van der Waals surface area contributed by atoms with Gasteiger partial charge in [0.05, 0.1) is 27.9 Å². The highest BCUT2D eigenvalue weighted by Gasteiger charge is 2.14. The first-order valence-corrected chi connectivity index (χ1v) is 10.6. The molecule has 3 aromatic carbocycles. The smallest absolute Gasteiger partial charge is 0.170 e. The van der Waals surface area contributed by atoms with Gasteiger partial charge in [-0.25, -0.2) is 4.98 Å². The average Bonchev–Trinajstić information content (AvgIpc) is 3.12. The van der Waals surface area contributed by atoms with Gasteiger partial charge in [-0.05, 0) is 42.0 Å². The van der Waals surface area contributed by atoms with Crippen molar-refractivity contribution in [3.63, 3.8) is 0 Å². The van der Waals surface area contributed by atoms with Crippen molar-refractivity contribution in [3.8, 4) is 5.75 Å². The number of ether oxygens (including phenoxy) is 1. The van der Waals surface area contributed by atoms with Gasteiger partial charge in [0.25, 0.3) is 0 Å². The maximum atomic E-state index is 12.6. The number of fused-ring (bicyclic) bond motifs is 1. The molecule has 4 rings (SSSR count). The summed E-state index contributed by atoms with van der Waals surface area (Å²) in [5, 5.41) is 0.620. The van der Waals surface area contributed by atoms with Crippen molar-refractivity contribution in [2.75, 3.05) is 7.11 Å². The molecule has 0 saturated carbocycles. The summed E-state index contributed by atoms with van der Waals surface area (Å²) in [5.74, 6) is 0.585. The number of ketones is 1. The Balaban J connectivity index is 1.52. The molecule has 1 heterocycles. The Morgan fingerprint density at radius 1 is 1.11 bits per heavy atom. The zero-order valence-corrected chi connectivity index (χ0v) is 17.4. The van der Waals surface area contributed by atoms with Gasteiger partial charge >= 0.3 is 0 Å². The molecule has 3 nitrogen and oxygen atoms in total. The number of thiazole rings is 1. The van der Waals surface area contributed by atoms with Crippen molar-refractivity contribution in [2.24, 2.45) is 0 Å². The number of Topliss-reactive ketones (excluding diaryl/α,β-unsaturated/α-hetero) is 1. The normalized spacial score (nSPS) is 10.9. The van der Waals surface area contributed by atoms with Crippen molar-refractivity contribution in [2.45, 2.75) is 15.7 Å². The van der Waals surface area contributed by atoms with E-state index >= 15 is 0 Å². The third-order valence-electron chi connectivity index (χ3n) is 4.24. The van der Waals surface area contributed by atoms with Gasteiger partial charge in [-0.2, -0.15) is 0 Å². The maximum absolute atomic E-state index is 12.6. The van der Waals surface area contributed by atoms with Gasteiger partial charge in [0, 0.05) is 11.3 Å². The highest BCUT2D eigenvalue weighted by atomic mass is 35.5. The van der Waals surface area contributed by atoms with Crippen LogP contribution in [-0.2, 0) is 6.42 Å². The Bertz CT molecular complexity index is 1120. The molecular formula is C22H16ClNO2S2. The molecule has 0 radical (unpaired) electrons. The molecule has 0 N–H and O–H groups in total. The molecule has 28 heavy (non-hydrogen) atoms. The fraction of sp³-hybridized carbons (Fsp3) is 0.0909. The van der Waals surface area contributed by atoms with Crippen LogP contribution in [0.4, 0.5) is 0 Å². The average molecular weight is 426 g/mol. The van der Waals surface area contributed by atoms with Crippen molar-refractivity contribution >= 4 is 50.7 Å². The molecule has 140 valence electrons. The third kappa shape index (κ3) is 4.07. The van der Waals surface area contributed by atoms with Crippen LogP contribution in [0.5, 0.6) is 5.75 Å². The Hall–Kier alpha value is -2.34. The summed E-state index contributed by atoms with van der Waals surface area (Å²) >= 11 is 9.67. The Morgan fingerprint density at radius 2 is 1.89 bits per heavy atom. The highest BCUT2D eigenvalue weighted by Crippen LogP contribution is 2.38. The minimum absolute atomic E-state index is 0.0000859. The zero-order chi connectivity index (χ0) is 19.5. The summed E-state index contributed by atoms with van der Waals surface area (Å²) in [6, 6.07) is 21.0. The summed E-state index contributed by atoms with van der Waals surface area (Å²) in [7, 11) is 1.57. The van der Waals surface area contributed by atoms with Gasteiger partial charge in [-0.3, -0.25) is 4.79 Å². The van der Waals surface area contributed by atoms with Crippen LogP contribution < -0.4 is 4.74 Å². The van der Waals surface area contributed by atoms with Crippen LogP contribution in [0.1, 0.15) is 15.9 Å². The van der Waals surface area contributed by atoms with Crippen LogP contribution in [0.25, 0.3) is 10.2 Å². The topological polar surface area (TPSA) is 39.2 Å². The summed E-state index contributed by atoms with van der Waals surface area (Å²) in [6.07, 6.45) is 0.270. The lowest BCUT2D eigenvalue weighted by molar-refractivity contribution is 0.0990. The second-order valence-electron chi connectivity index (χ2n) is 6.11. The van der Waals surface area contributed by atoms with Crippen LogP contribution in [0.2, 0.25) is 5.02 Å². The predicted octanol–water partition coefficient (Wildman–Crippen LogP) is 6.53. The van der Waals surface area contributed by atoms with Crippen molar-refractivity contribution < 1.29 is 9.53 Å². The Labute approximate surface area is 176 Å². The quantitative estimate of drug-likeness (QED) is 0.329. The third-order valence-corrected chi connectivity index (χ3v) is 6.84. The predicted molar refractivity (Wildman–Crippen MR) is 116 cm³/mol. The molecule has 0 unspecified atom stereocenters. The molecule has 4 aromatic rings. The van der Waals surface area contributed by atoms with E-state index in [-0.39, 0.29) is 12.2 Å². The van der Waals surface area contributed by atoms with Crippen molar-refractivity contribution in [1.82, 2.24) is 4.98 Å². The fourth-order valence-corrected chi connectivity index (χ4v) is 5.23. The summed E-state index contributed by atoms with van der Waals surface area (Å²) in [4.78, 5) is 18.2. The summed E-state index contributed by atoms with van der Waals surface area (Å²) in [5.41, 5.74) is 2.44. The van der Waals surface area contributed by atoms with Gasteiger partial charge in [0.2, 0.25) is 0 Å². The lowest BCUT2D eigenvalue weighted by Gasteiger charge is -2.08. The first-order chi connectivity index (χ1) is 13.6. The van der Waals surface area contributed by atoms with E-state index < -0.39 is 0 Å². The van der Waals surface area contributed by atoms with Crippen molar-refractivity contribution in [1.29, 1.82) is 0 Å². The standard InChI is InChI=1S/C22H16ClNO2S2/c1-26-19-8-4-2-6-15(19)18(25)13-14-10-11-20(16(23)12-14)27-22-24-17-7-3-5-9-21(17)28-22/h2-12H,13H2,1H3. The highest BCUT2D eigenvalue weighted by molar-refractivity contribution is 8.01. The van der Waals surface area contributed by atoms with E-state index in [1.807, 2.05) is 48.5 Å². The maximum Gasteiger partial charge on any atom is 0.170 e. The van der Waals surface area contributed by atoms with E-state index in [1.54, 1.807) is 42.3 Å². The number of nitrogens with zero attached hydrogens (tertiary/aromatic N) is 1. The van der Waals surface area contributed by atoms with Gasteiger partial charge in [0.1, 0.15) is 5.75 Å². The number of benzene rings is 3. The monoisotopic (exact) mass is 425 g/mol. The molecule has 0 bridgehead atoms. The van der Waals surface area contributed by atoms with E-state index in [9.17, 15) is 4.79 Å². The largest absolute Gasteiger partial charge is 0.496 e. The molecule has 0 aliphatic heterocycles. The summed E-state index contributed by atoms with van der Waals surface area (Å²) < 4.78 is 7.38. The lowest BCUT2D eigenvalue weighted by Crippen LogP contribution is -2.05. The minimum Gasteiger partial charge on any atom is -0.496 e. The number of rotatable bonds is 6. The van der Waals surface area contributed by atoms with Gasteiger partial charge < -0.3 is 4.74 Å². The van der Waals surface area contributed by atoms with Crippen molar-refractivity contribution in [3.05, 3.63) is 82.9 Å². The van der Waals surface area contributed by atoms with E-state index in [2.05, 4.69) is 11.1 Å². The summed E-state index contributed by atoms with van der Waals surface area (Å²) in [6.45, 7) is 0. The number of aromatic nitrogens is 1. The number of carbonyl (C=O) groups excluding carboxylic acids is 1. The van der Waals surface area contributed by atoms with Gasteiger partial charge in [-0.1, -0.05) is 53.7 Å². The number of methoxy groups -OCH3 is 1. The molecule has 0 atom stereocenters. The lowest BCUT2D eigenvalue weighted by atomic mass is 10.0. The molecule has 0 spiro atoms. The van der Waals surface area contributed by atoms with Gasteiger partial charge in [-0.15, -0.1) is 11.3 Å². The SMILES string of the molecule is COc1ccccc1C(=O)Cc1ccc(Sc2nc3ccccc3s2)c(Cl)c1. The Morgan fingerprint density at radius 3 is 2.68 bits per heavy atom. The zero-order valence-electron chi connectivity index (χ0n) is 15.0. The van der Waals surface area contributed by atoms with Crippen LogP contribution in [-0.4, -0.2) is 17.9 Å². The second kappa shape index (κ2) is 8.35. The van der Waals surface area contributed by atoms with E-state index in [0.717, 1.165) is 25.0 Å². The molecule has 6 heteroatoms. The number of hydrogen-bond acceptors (Lipinski definition) is 5. The second-order valence-corrected chi connectivity index (χ2v) is 8.84.